The molecule has 0 aliphatic carbocycles. The molecule has 0 bridgehead atoms. The highest BCUT2D eigenvalue weighted by Crippen LogP contribution is 2.28. The number of methoxy groups -OCH3 is 1. The maximum absolute atomic E-state index is 12.4. The van der Waals surface area contributed by atoms with Crippen LogP contribution in [0.5, 0.6) is 5.75 Å². The van der Waals surface area contributed by atoms with Crippen molar-refractivity contribution in [2.45, 2.75) is 25.4 Å². The molecule has 1 heterocycles. The van der Waals surface area contributed by atoms with E-state index < -0.39 is 0 Å². The minimum absolute atomic E-state index is 0.0723. The Morgan fingerprint density at radius 2 is 1.84 bits per heavy atom. The van der Waals surface area contributed by atoms with Crippen LogP contribution in [0.25, 0.3) is 0 Å². The second-order valence-electron chi connectivity index (χ2n) is 7.16. The van der Waals surface area contributed by atoms with Crippen LogP contribution in [0.1, 0.15) is 17.0 Å². The van der Waals surface area contributed by atoms with Crippen LogP contribution < -0.4 is 15.4 Å². The minimum Gasteiger partial charge on any atom is -0.495 e. The van der Waals surface area contributed by atoms with Crippen molar-refractivity contribution in [2.75, 3.05) is 23.5 Å². The lowest BCUT2D eigenvalue weighted by atomic mass is 10.1. The van der Waals surface area contributed by atoms with Crippen LogP contribution in [0.15, 0.2) is 41.6 Å². The Kier molecular flexibility index (Phi) is 7.76. The maximum atomic E-state index is 12.4. The zero-order valence-corrected chi connectivity index (χ0v) is 19.8. The second-order valence-corrected chi connectivity index (χ2v) is 8.54. The largest absolute Gasteiger partial charge is 0.495 e. The number of aromatic nitrogens is 3. The molecule has 2 amide bonds. The second kappa shape index (κ2) is 10.5. The van der Waals surface area contributed by atoms with E-state index in [1.807, 2.05) is 32.0 Å². The van der Waals surface area contributed by atoms with Gasteiger partial charge in [0.05, 0.1) is 25.0 Å². The zero-order chi connectivity index (χ0) is 23.3. The van der Waals surface area contributed by atoms with Crippen molar-refractivity contribution in [1.82, 2.24) is 14.8 Å². The molecule has 0 unspecified atom stereocenters. The van der Waals surface area contributed by atoms with E-state index in [9.17, 15) is 9.59 Å². The van der Waals surface area contributed by atoms with Gasteiger partial charge in [0.15, 0.2) is 5.16 Å². The standard InChI is InChI=1S/C22H24ClN5O3S/c1-13-5-7-16(9-14(13)2)24-20(29)11-19-26-27-22(28(19)3)32-12-21(30)25-17-10-15(23)6-8-18(17)31-4/h5-10H,11-12H2,1-4H3,(H,24,29)(H,25,30). The van der Waals surface area contributed by atoms with Crippen LogP contribution in [0.3, 0.4) is 0 Å². The van der Waals surface area contributed by atoms with Crippen LogP contribution in [-0.2, 0) is 23.1 Å². The van der Waals surface area contributed by atoms with Crippen LogP contribution in [0.2, 0.25) is 5.02 Å². The van der Waals surface area contributed by atoms with E-state index in [1.165, 1.54) is 18.9 Å². The normalized spacial score (nSPS) is 10.7. The number of hydrogen-bond donors (Lipinski definition) is 2. The molecule has 0 aliphatic heterocycles. The molecule has 10 heteroatoms. The molecule has 0 spiro atoms. The third kappa shape index (κ3) is 6.02. The first-order valence-corrected chi connectivity index (χ1v) is 11.1. The van der Waals surface area contributed by atoms with Gasteiger partial charge < -0.3 is 19.9 Å². The van der Waals surface area contributed by atoms with Crippen molar-refractivity contribution in [3.05, 3.63) is 58.4 Å². The molecule has 2 N–H and O–H groups in total. The van der Waals surface area contributed by atoms with Gasteiger partial charge in [-0.2, -0.15) is 0 Å². The zero-order valence-electron chi connectivity index (χ0n) is 18.2. The number of nitrogens with one attached hydrogen (secondary N) is 2. The Morgan fingerprint density at radius 3 is 2.56 bits per heavy atom. The van der Waals surface area contributed by atoms with E-state index in [2.05, 4.69) is 20.8 Å². The van der Waals surface area contributed by atoms with Crippen molar-refractivity contribution in [2.24, 2.45) is 7.05 Å². The molecule has 32 heavy (non-hydrogen) atoms. The van der Waals surface area contributed by atoms with Crippen molar-refractivity contribution in [1.29, 1.82) is 0 Å². The lowest BCUT2D eigenvalue weighted by Gasteiger charge is -2.10. The molecule has 0 saturated heterocycles. The van der Waals surface area contributed by atoms with E-state index in [0.717, 1.165) is 16.8 Å². The van der Waals surface area contributed by atoms with E-state index in [0.29, 0.717) is 27.4 Å². The summed E-state index contributed by atoms with van der Waals surface area (Å²) in [6.45, 7) is 4.02. The quantitative estimate of drug-likeness (QED) is 0.480. The number of halogens is 1. The van der Waals surface area contributed by atoms with Gasteiger partial charge in [-0.15, -0.1) is 10.2 Å². The summed E-state index contributed by atoms with van der Waals surface area (Å²) < 4.78 is 6.94. The first-order chi connectivity index (χ1) is 15.3. The average Bonchev–Trinajstić information content (AvgIpc) is 3.08. The van der Waals surface area contributed by atoms with E-state index in [-0.39, 0.29) is 24.0 Å². The molecule has 0 saturated carbocycles. The average molecular weight is 474 g/mol. The number of hydrogen-bond acceptors (Lipinski definition) is 6. The number of ether oxygens (including phenoxy) is 1. The first-order valence-electron chi connectivity index (χ1n) is 9.78. The van der Waals surface area contributed by atoms with Crippen molar-refractivity contribution >= 4 is 46.6 Å². The van der Waals surface area contributed by atoms with Gasteiger partial charge in [-0.05, 0) is 55.3 Å². The van der Waals surface area contributed by atoms with Crippen molar-refractivity contribution < 1.29 is 14.3 Å². The lowest BCUT2D eigenvalue weighted by Crippen LogP contribution is -2.17. The first kappa shape index (κ1) is 23.6. The fraction of sp³-hybridized carbons (Fsp3) is 0.273. The van der Waals surface area contributed by atoms with Gasteiger partial charge in [0.2, 0.25) is 11.8 Å². The minimum atomic E-state index is -0.243. The molecule has 168 valence electrons. The summed E-state index contributed by atoms with van der Waals surface area (Å²) in [5.74, 6) is 0.698. The molecule has 0 atom stereocenters. The number of thioether (sulfide) groups is 1. The molecule has 0 radical (unpaired) electrons. The molecule has 3 aromatic rings. The van der Waals surface area contributed by atoms with Gasteiger partial charge in [0, 0.05) is 17.8 Å². The lowest BCUT2D eigenvalue weighted by molar-refractivity contribution is -0.116. The summed E-state index contributed by atoms with van der Waals surface area (Å²) in [5, 5.41) is 14.9. The fourth-order valence-corrected chi connectivity index (χ4v) is 3.79. The highest BCUT2D eigenvalue weighted by atomic mass is 35.5. The Hall–Kier alpha value is -3.04. The van der Waals surface area contributed by atoms with Crippen molar-refractivity contribution in [3.63, 3.8) is 0 Å². The summed E-state index contributed by atoms with van der Waals surface area (Å²) in [6.07, 6.45) is 0.0723. The molecule has 3 rings (SSSR count). The topological polar surface area (TPSA) is 98.1 Å². The number of carbonyl (C=O) groups is 2. The smallest absolute Gasteiger partial charge is 0.234 e. The Morgan fingerprint density at radius 1 is 1.06 bits per heavy atom. The number of carbonyl (C=O) groups excluding carboxylic acids is 2. The number of amides is 2. The molecule has 8 nitrogen and oxygen atoms in total. The summed E-state index contributed by atoms with van der Waals surface area (Å²) >= 11 is 7.21. The number of nitrogens with zero attached hydrogens (tertiary/aromatic N) is 3. The SMILES string of the molecule is COc1ccc(Cl)cc1NC(=O)CSc1nnc(CC(=O)Nc2ccc(C)c(C)c2)n1C. The highest BCUT2D eigenvalue weighted by Gasteiger charge is 2.15. The number of anilines is 2. The van der Waals surface area contributed by atoms with E-state index in [1.54, 1.807) is 29.8 Å². The molecular weight excluding hydrogens is 450 g/mol. The third-order valence-corrected chi connectivity index (χ3v) is 6.06. The Balaban J connectivity index is 1.56. The van der Waals surface area contributed by atoms with Gasteiger partial charge in [0.25, 0.3) is 0 Å². The molecule has 0 fully saturated rings. The molecular formula is C22H24ClN5O3S. The summed E-state index contributed by atoms with van der Waals surface area (Å²) in [6, 6.07) is 10.7. The van der Waals surface area contributed by atoms with Crippen LogP contribution in [0.4, 0.5) is 11.4 Å². The van der Waals surface area contributed by atoms with E-state index >= 15 is 0 Å². The molecule has 0 aliphatic rings. The summed E-state index contributed by atoms with van der Waals surface area (Å²) in [5.41, 5.74) is 3.50. The third-order valence-electron chi connectivity index (χ3n) is 4.80. The van der Waals surface area contributed by atoms with Gasteiger partial charge in [-0.25, -0.2) is 0 Å². The monoisotopic (exact) mass is 473 g/mol. The van der Waals surface area contributed by atoms with Gasteiger partial charge in [-0.3, -0.25) is 9.59 Å². The van der Waals surface area contributed by atoms with E-state index in [4.69, 9.17) is 16.3 Å². The van der Waals surface area contributed by atoms with Crippen molar-refractivity contribution in [3.8, 4) is 5.75 Å². The number of benzene rings is 2. The maximum Gasteiger partial charge on any atom is 0.234 e. The Labute approximate surface area is 195 Å². The molecule has 2 aromatic carbocycles. The van der Waals surface area contributed by atoms with Gasteiger partial charge >= 0.3 is 0 Å². The van der Waals surface area contributed by atoms with Crippen LogP contribution in [0, 0.1) is 13.8 Å². The fourth-order valence-electron chi connectivity index (χ4n) is 2.89. The predicted molar refractivity (Wildman–Crippen MR) is 127 cm³/mol. The molecule has 1 aromatic heterocycles. The van der Waals surface area contributed by atoms with Gasteiger partial charge in [0.1, 0.15) is 11.6 Å². The Bertz CT molecular complexity index is 1150. The summed E-state index contributed by atoms with van der Waals surface area (Å²) in [7, 11) is 3.28. The van der Waals surface area contributed by atoms with Gasteiger partial charge in [-0.1, -0.05) is 29.4 Å². The number of rotatable bonds is 8. The van der Waals surface area contributed by atoms with Crippen LogP contribution in [-0.4, -0.2) is 39.4 Å². The predicted octanol–water partition coefficient (Wildman–Crippen LogP) is 4.01. The highest BCUT2D eigenvalue weighted by molar-refractivity contribution is 7.99. The summed E-state index contributed by atoms with van der Waals surface area (Å²) in [4.78, 5) is 24.8. The van der Waals surface area contributed by atoms with Crippen LogP contribution >= 0.6 is 23.4 Å². The number of aryl methyl sites for hydroxylation is 2.